The molecule has 0 spiro atoms. The van der Waals surface area contributed by atoms with Crippen LogP contribution in [0.1, 0.15) is 0 Å². The van der Waals surface area contributed by atoms with Crippen LogP contribution in [0, 0.1) is 0 Å². The van der Waals surface area contributed by atoms with Gasteiger partial charge in [0.05, 0.1) is 0 Å². The summed E-state index contributed by atoms with van der Waals surface area (Å²) >= 11 is -1.86. The number of carbonyl (C=O) groups is 1. The summed E-state index contributed by atoms with van der Waals surface area (Å²) in [5.41, 5.74) is 0.829. The molecule has 0 aromatic heterocycles. The van der Waals surface area contributed by atoms with Gasteiger partial charge in [-0.05, 0) is 18.4 Å². The number of hydrogen-bond acceptors (Lipinski definition) is 4. The number of benzene rings is 1. The van der Waals surface area contributed by atoms with Crippen molar-refractivity contribution in [2.24, 2.45) is 0 Å². The predicted octanol–water partition coefficient (Wildman–Crippen LogP) is 0.678. The number of aliphatic carboxylic acids is 1. The van der Waals surface area contributed by atoms with Gasteiger partial charge in [-0.25, -0.2) is 0 Å². The van der Waals surface area contributed by atoms with E-state index < -0.39 is 17.0 Å². The first kappa shape index (κ1) is 13.6. The predicted molar refractivity (Wildman–Crippen MR) is 57.4 cm³/mol. The molecular weight excluding hydrogens is 218 g/mol. The minimum absolute atomic E-state index is 0.0377. The summed E-state index contributed by atoms with van der Waals surface area (Å²) in [4.78, 5) is 10.1. The molecule has 1 unspecified atom stereocenters. The monoisotopic (exact) mass is 230 g/mol. The highest BCUT2D eigenvalue weighted by atomic mass is 32.2. The van der Waals surface area contributed by atoms with Crippen LogP contribution < -0.4 is 5.32 Å². The second kappa shape index (κ2) is 7.95. The van der Waals surface area contributed by atoms with Crippen molar-refractivity contribution in [2.45, 2.75) is 0 Å². The SMILES string of the molecule is CS(=O)[O-].O=C(O)CNc1ccccc1. The van der Waals surface area contributed by atoms with Crippen LogP contribution in [0.5, 0.6) is 0 Å². The molecule has 6 heteroatoms. The lowest BCUT2D eigenvalue weighted by Crippen LogP contribution is -2.11. The fourth-order valence-corrected chi connectivity index (χ4v) is 0.734. The Balaban J connectivity index is 0.000000423. The fourth-order valence-electron chi connectivity index (χ4n) is 0.734. The molecule has 0 bridgehead atoms. The lowest BCUT2D eigenvalue weighted by atomic mass is 10.3. The van der Waals surface area contributed by atoms with Gasteiger partial charge in [0.1, 0.15) is 6.54 Å². The molecule has 0 saturated carbocycles. The number of nitrogens with one attached hydrogen (secondary N) is 1. The molecule has 0 aliphatic rings. The van der Waals surface area contributed by atoms with Crippen molar-refractivity contribution in [1.29, 1.82) is 0 Å². The van der Waals surface area contributed by atoms with Gasteiger partial charge in [0.2, 0.25) is 0 Å². The molecule has 84 valence electrons. The van der Waals surface area contributed by atoms with E-state index in [4.69, 9.17) is 13.9 Å². The molecule has 1 atom stereocenters. The van der Waals surface area contributed by atoms with Gasteiger partial charge in [0.25, 0.3) is 0 Å². The number of hydrogen-bond donors (Lipinski definition) is 2. The Hall–Kier alpha value is -1.40. The summed E-state index contributed by atoms with van der Waals surface area (Å²) in [7, 11) is 0. The highest BCUT2D eigenvalue weighted by Crippen LogP contribution is 2.03. The van der Waals surface area contributed by atoms with Gasteiger partial charge in [-0.2, -0.15) is 0 Å². The van der Waals surface area contributed by atoms with Gasteiger partial charge in [-0.3, -0.25) is 9.00 Å². The van der Waals surface area contributed by atoms with Crippen molar-refractivity contribution >= 4 is 22.7 Å². The molecule has 1 aromatic rings. The molecule has 0 fully saturated rings. The van der Waals surface area contributed by atoms with E-state index in [0.717, 1.165) is 11.9 Å². The third kappa shape index (κ3) is 10.5. The van der Waals surface area contributed by atoms with Gasteiger partial charge in [0, 0.05) is 5.69 Å². The summed E-state index contributed by atoms with van der Waals surface area (Å²) in [6.07, 6.45) is 1.08. The lowest BCUT2D eigenvalue weighted by Gasteiger charge is -2.00. The largest absolute Gasteiger partial charge is 0.773 e. The zero-order valence-corrected chi connectivity index (χ0v) is 8.99. The fraction of sp³-hybridized carbons (Fsp3) is 0.222. The molecule has 0 heterocycles. The maximum Gasteiger partial charge on any atom is 0.322 e. The first-order valence-electron chi connectivity index (χ1n) is 4.04. The number of anilines is 1. The number of rotatable bonds is 3. The van der Waals surface area contributed by atoms with E-state index in [1.54, 1.807) is 0 Å². The smallest absolute Gasteiger partial charge is 0.322 e. The Morgan fingerprint density at radius 3 is 2.33 bits per heavy atom. The molecule has 0 aliphatic heterocycles. The molecule has 0 radical (unpaired) electrons. The van der Waals surface area contributed by atoms with Crippen molar-refractivity contribution in [1.82, 2.24) is 0 Å². The van der Waals surface area contributed by atoms with Crippen LogP contribution in [-0.2, 0) is 15.9 Å². The molecule has 0 saturated heterocycles. The first-order valence-corrected chi connectivity index (χ1v) is 5.52. The van der Waals surface area contributed by atoms with Crippen molar-refractivity contribution in [2.75, 3.05) is 18.1 Å². The standard InChI is InChI=1S/C8H9NO2.CH4O2S/c10-8(11)6-9-7-4-2-1-3-5-7;1-4(2)3/h1-5,9H,6H2,(H,10,11);1H3,(H,2,3)/p-1. The Bertz CT molecular complexity index is 311. The maximum atomic E-state index is 10.1. The molecule has 1 rings (SSSR count). The molecule has 5 nitrogen and oxygen atoms in total. The highest BCUT2D eigenvalue weighted by Gasteiger charge is 1.93. The Kier molecular flexibility index (Phi) is 7.21. The van der Waals surface area contributed by atoms with E-state index in [-0.39, 0.29) is 6.54 Å². The highest BCUT2D eigenvalue weighted by molar-refractivity contribution is 7.78. The van der Waals surface area contributed by atoms with Crippen LogP contribution in [0.2, 0.25) is 0 Å². The number of para-hydroxylation sites is 1. The van der Waals surface area contributed by atoms with Crippen molar-refractivity contribution in [3.63, 3.8) is 0 Å². The normalized spacial score (nSPS) is 10.8. The van der Waals surface area contributed by atoms with Crippen molar-refractivity contribution in [3.05, 3.63) is 30.3 Å². The van der Waals surface area contributed by atoms with E-state index in [2.05, 4.69) is 5.32 Å². The van der Waals surface area contributed by atoms with Crippen molar-refractivity contribution < 1.29 is 18.7 Å². The molecule has 0 amide bonds. The maximum absolute atomic E-state index is 10.1. The third-order valence-corrected chi connectivity index (χ3v) is 1.22. The van der Waals surface area contributed by atoms with Gasteiger partial charge in [-0.1, -0.05) is 29.3 Å². The first-order chi connectivity index (χ1) is 7.02. The number of carboxylic acids is 1. The van der Waals surface area contributed by atoms with Crippen LogP contribution in [0.25, 0.3) is 0 Å². The van der Waals surface area contributed by atoms with Crippen molar-refractivity contribution in [3.8, 4) is 0 Å². The molecule has 0 aliphatic carbocycles. The summed E-state index contributed by atoms with van der Waals surface area (Å²) in [5.74, 6) is -0.853. The van der Waals surface area contributed by atoms with E-state index in [9.17, 15) is 4.79 Å². The summed E-state index contributed by atoms with van der Waals surface area (Å²) in [6.45, 7) is -0.0377. The Morgan fingerprint density at radius 1 is 1.47 bits per heavy atom. The van der Waals surface area contributed by atoms with E-state index >= 15 is 0 Å². The van der Waals surface area contributed by atoms with Gasteiger partial charge in [-0.15, -0.1) is 0 Å². The summed E-state index contributed by atoms with van der Waals surface area (Å²) in [5, 5.41) is 11.1. The zero-order valence-electron chi connectivity index (χ0n) is 8.17. The van der Waals surface area contributed by atoms with Gasteiger partial charge < -0.3 is 15.0 Å². The summed E-state index contributed by atoms with van der Waals surface area (Å²) in [6, 6.07) is 9.23. The molecule has 15 heavy (non-hydrogen) atoms. The van der Waals surface area contributed by atoms with Gasteiger partial charge >= 0.3 is 5.97 Å². The average molecular weight is 230 g/mol. The minimum Gasteiger partial charge on any atom is -0.773 e. The Labute approximate surface area is 90.4 Å². The zero-order chi connectivity index (χ0) is 11.7. The van der Waals surface area contributed by atoms with Crippen LogP contribution >= 0.6 is 0 Å². The molecule has 1 aromatic carbocycles. The molecule has 2 N–H and O–H groups in total. The van der Waals surface area contributed by atoms with Gasteiger partial charge in [0.15, 0.2) is 0 Å². The minimum atomic E-state index is -1.86. The van der Waals surface area contributed by atoms with Crippen LogP contribution in [0.15, 0.2) is 30.3 Å². The molecular formula is C9H12NO4S-. The average Bonchev–Trinajstić information content (AvgIpc) is 2.15. The topological polar surface area (TPSA) is 89.5 Å². The van der Waals surface area contributed by atoms with Crippen LogP contribution in [0.3, 0.4) is 0 Å². The second-order valence-corrected chi connectivity index (χ2v) is 3.32. The van der Waals surface area contributed by atoms with E-state index in [1.807, 2.05) is 30.3 Å². The second-order valence-electron chi connectivity index (χ2n) is 2.51. The van der Waals surface area contributed by atoms with E-state index in [0.29, 0.717) is 0 Å². The summed E-state index contributed by atoms with van der Waals surface area (Å²) < 4.78 is 18.0. The number of carboxylic acid groups (broad SMARTS) is 1. The Morgan fingerprint density at radius 2 is 1.93 bits per heavy atom. The van der Waals surface area contributed by atoms with Crippen LogP contribution in [0.4, 0.5) is 5.69 Å². The van der Waals surface area contributed by atoms with Crippen LogP contribution in [-0.4, -0.2) is 32.6 Å². The lowest BCUT2D eigenvalue weighted by molar-refractivity contribution is -0.134. The third-order valence-electron chi connectivity index (χ3n) is 1.22. The quantitative estimate of drug-likeness (QED) is 0.745. The van der Waals surface area contributed by atoms with E-state index in [1.165, 1.54) is 0 Å².